The lowest BCUT2D eigenvalue weighted by Gasteiger charge is -2.05. The third kappa shape index (κ3) is 5.13. The highest BCUT2D eigenvalue weighted by Gasteiger charge is 2.13. The van der Waals surface area contributed by atoms with Gasteiger partial charge in [0.25, 0.3) is 5.91 Å². The largest absolute Gasteiger partial charge is 0.484 e. The Balaban J connectivity index is 1.63. The minimum absolute atomic E-state index is 0.164. The number of ether oxygens (including phenoxy) is 1. The summed E-state index contributed by atoms with van der Waals surface area (Å²) < 4.78 is 7.82. The molecule has 28 heavy (non-hydrogen) atoms. The maximum atomic E-state index is 11.9. The molecule has 0 saturated carbocycles. The Morgan fingerprint density at radius 1 is 1.29 bits per heavy atom. The number of hydrogen-bond acceptors (Lipinski definition) is 4. The Morgan fingerprint density at radius 2 is 2.07 bits per heavy atom. The van der Waals surface area contributed by atoms with Gasteiger partial charge in [-0.05, 0) is 43.3 Å². The van der Waals surface area contributed by atoms with Crippen LogP contribution in [0, 0.1) is 6.92 Å². The zero-order valence-electron chi connectivity index (χ0n) is 14.7. The van der Waals surface area contributed by atoms with E-state index in [9.17, 15) is 4.79 Å². The molecule has 0 aliphatic heterocycles. The van der Waals surface area contributed by atoms with Crippen molar-refractivity contribution in [3.8, 4) is 11.4 Å². The van der Waals surface area contributed by atoms with Crippen LogP contribution in [-0.4, -0.2) is 28.5 Å². The van der Waals surface area contributed by atoms with E-state index in [2.05, 4.69) is 31.6 Å². The first-order valence-corrected chi connectivity index (χ1v) is 9.70. The molecule has 6 nitrogen and oxygen atoms in total. The Bertz CT molecular complexity index is 1040. The van der Waals surface area contributed by atoms with E-state index in [0.717, 1.165) is 10.2 Å². The number of rotatable bonds is 6. The topological polar surface area (TPSA) is 68.5 Å². The van der Waals surface area contributed by atoms with Gasteiger partial charge in [-0.15, -0.1) is 0 Å². The van der Waals surface area contributed by atoms with Crippen molar-refractivity contribution in [1.29, 1.82) is 0 Å². The molecule has 0 atom stereocenters. The third-order valence-corrected chi connectivity index (χ3v) is 4.74. The smallest absolute Gasteiger partial charge is 0.277 e. The van der Waals surface area contributed by atoms with Crippen molar-refractivity contribution >= 4 is 51.3 Å². The third-order valence-electron chi connectivity index (χ3n) is 3.65. The minimum Gasteiger partial charge on any atom is -0.484 e. The predicted octanol–water partition coefficient (Wildman–Crippen LogP) is 4.78. The quantitative estimate of drug-likeness (QED) is 0.407. The molecule has 0 saturated heterocycles. The van der Waals surface area contributed by atoms with Crippen molar-refractivity contribution in [2.45, 2.75) is 6.92 Å². The first-order chi connectivity index (χ1) is 13.4. The van der Waals surface area contributed by atoms with E-state index in [1.54, 1.807) is 35.9 Å². The molecule has 3 aromatic rings. The standard InChI is InChI=1S/C19H15BrCl2N4O2/c1-12-17(19(22)26(25-12)15-6-3-5-14(21)9-15)10-23-24-18(27)11-28-16-7-2-4-13(20)8-16/h2-10H,11H2,1H3,(H,24,27). The number of halogens is 3. The number of amides is 1. The van der Waals surface area contributed by atoms with Crippen LogP contribution in [0.5, 0.6) is 5.75 Å². The van der Waals surface area contributed by atoms with Crippen LogP contribution in [-0.2, 0) is 4.79 Å². The lowest BCUT2D eigenvalue weighted by atomic mass is 10.3. The fraction of sp³-hybridized carbons (Fsp3) is 0.105. The van der Waals surface area contributed by atoms with Crippen molar-refractivity contribution in [2.75, 3.05) is 6.61 Å². The number of aromatic nitrogens is 2. The van der Waals surface area contributed by atoms with E-state index >= 15 is 0 Å². The molecule has 1 aromatic heterocycles. The Kier molecular flexibility index (Phi) is 6.72. The van der Waals surface area contributed by atoms with Crippen LogP contribution in [0.4, 0.5) is 0 Å². The summed E-state index contributed by atoms with van der Waals surface area (Å²) in [6, 6.07) is 14.4. The van der Waals surface area contributed by atoms with Crippen molar-refractivity contribution in [2.24, 2.45) is 5.10 Å². The molecule has 2 aromatic carbocycles. The van der Waals surface area contributed by atoms with Crippen molar-refractivity contribution in [1.82, 2.24) is 15.2 Å². The number of benzene rings is 2. The van der Waals surface area contributed by atoms with Gasteiger partial charge < -0.3 is 4.74 Å². The van der Waals surface area contributed by atoms with Crippen molar-refractivity contribution < 1.29 is 9.53 Å². The molecule has 3 rings (SSSR count). The van der Waals surface area contributed by atoms with Crippen LogP contribution in [0.1, 0.15) is 11.3 Å². The zero-order chi connectivity index (χ0) is 20.1. The Hall–Kier alpha value is -2.35. The summed E-state index contributed by atoms with van der Waals surface area (Å²) in [6.07, 6.45) is 1.45. The van der Waals surface area contributed by atoms with Gasteiger partial charge in [0.2, 0.25) is 0 Å². The summed E-state index contributed by atoms with van der Waals surface area (Å²) in [6.45, 7) is 1.63. The van der Waals surface area contributed by atoms with Gasteiger partial charge in [0.05, 0.1) is 23.2 Å². The van der Waals surface area contributed by atoms with E-state index in [1.165, 1.54) is 6.21 Å². The number of hydrogen-bond donors (Lipinski definition) is 1. The van der Waals surface area contributed by atoms with Gasteiger partial charge in [-0.25, -0.2) is 10.1 Å². The number of nitrogens with one attached hydrogen (secondary N) is 1. The van der Waals surface area contributed by atoms with Gasteiger partial charge in [0, 0.05) is 9.50 Å². The SMILES string of the molecule is Cc1nn(-c2cccc(Cl)c2)c(Cl)c1C=NNC(=O)COc1cccc(Br)c1. The van der Waals surface area contributed by atoms with Crippen LogP contribution in [0.3, 0.4) is 0 Å². The van der Waals surface area contributed by atoms with Crippen LogP contribution >= 0.6 is 39.1 Å². The van der Waals surface area contributed by atoms with Crippen LogP contribution in [0.25, 0.3) is 5.69 Å². The van der Waals surface area contributed by atoms with E-state index < -0.39 is 5.91 Å². The molecule has 9 heteroatoms. The van der Waals surface area contributed by atoms with E-state index in [0.29, 0.717) is 27.2 Å². The highest BCUT2D eigenvalue weighted by atomic mass is 79.9. The maximum absolute atomic E-state index is 11.9. The summed E-state index contributed by atoms with van der Waals surface area (Å²) in [5.41, 5.74) is 4.39. The van der Waals surface area contributed by atoms with Gasteiger partial charge in [0.15, 0.2) is 6.61 Å². The number of carbonyl (C=O) groups is 1. The summed E-state index contributed by atoms with van der Waals surface area (Å²) in [7, 11) is 0. The van der Waals surface area contributed by atoms with Crippen molar-refractivity contribution in [3.63, 3.8) is 0 Å². The van der Waals surface area contributed by atoms with E-state index in [1.807, 2.05) is 24.3 Å². The normalized spacial score (nSPS) is 11.0. The van der Waals surface area contributed by atoms with E-state index in [4.69, 9.17) is 27.9 Å². The first-order valence-electron chi connectivity index (χ1n) is 8.15. The average Bonchev–Trinajstić information content (AvgIpc) is 2.95. The molecule has 1 N–H and O–H groups in total. The van der Waals surface area contributed by atoms with Crippen molar-refractivity contribution in [3.05, 3.63) is 74.4 Å². The second kappa shape index (κ2) is 9.23. The molecule has 0 bridgehead atoms. The number of nitrogens with zero attached hydrogens (tertiary/aromatic N) is 3. The van der Waals surface area contributed by atoms with Crippen LogP contribution < -0.4 is 10.2 Å². The molecule has 0 unspecified atom stereocenters. The lowest BCUT2D eigenvalue weighted by molar-refractivity contribution is -0.123. The minimum atomic E-state index is -0.396. The van der Waals surface area contributed by atoms with Gasteiger partial charge in [-0.2, -0.15) is 10.2 Å². The highest BCUT2D eigenvalue weighted by molar-refractivity contribution is 9.10. The summed E-state index contributed by atoms with van der Waals surface area (Å²) >= 11 is 15.8. The average molecular weight is 482 g/mol. The molecule has 0 aliphatic rings. The zero-order valence-corrected chi connectivity index (χ0v) is 17.8. The number of aryl methyl sites for hydroxylation is 1. The molecule has 144 valence electrons. The molecular formula is C19H15BrCl2N4O2. The molecule has 0 spiro atoms. The fourth-order valence-electron chi connectivity index (χ4n) is 2.34. The van der Waals surface area contributed by atoms with Crippen LogP contribution in [0.2, 0.25) is 10.2 Å². The molecule has 0 radical (unpaired) electrons. The second-order valence-corrected chi connectivity index (χ2v) is 7.43. The van der Waals surface area contributed by atoms with E-state index in [-0.39, 0.29) is 6.61 Å². The van der Waals surface area contributed by atoms with Gasteiger partial charge in [-0.1, -0.05) is 51.3 Å². The van der Waals surface area contributed by atoms with Gasteiger partial charge in [-0.3, -0.25) is 4.79 Å². The van der Waals surface area contributed by atoms with Gasteiger partial charge >= 0.3 is 0 Å². The predicted molar refractivity (Wildman–Crippen MR) is 114 cm³/mol. The summed E-state index contributed by atoms with van der Waals surface area (Å²) in [4.78, 5) is 11.9. The number of hydrazone groups is 1. The molecule has 0 aliphatic carbocycles. The van der Waals surface area contributed by atoms with Crippen LogP contribution in [0.15, 0.2) is 58.1 Å². The second-order valence-electron chi connectivity index (χ2n) is 5.72. The highest BCUT2D eigenvalue weighted by Crippen LogP contribution is 2.23. The molecule has 1 heterocycles. The summed E-state index contributed by atoms with van der Waals surface area (Å²) in [5.74, 6) is 0.183. The first kappa shape index (κ1) is 20.4. The monoisotopic (exact) mass is 480 g/mol. The lowest BCUT2D eigenvalue weighted by Crippen LogP contribution is -2.24. The maximum Gasteiger partial charge on any atom is 0.277 e. The Morgan fingerprint density at radius 3 is 2.82 bits per heavy atom. The van der Waals surface area contributed by atoms with Gasteiger partial charge in [0.1, 0.15) is 10.9 Å². The number of carbonyl (C=O) groups excluding carboxylic acids is 1. The molecule has 0 fully saturated rings. The fourth-order valence-corrected chi connectivity index (χ4v) is 3.23. The summed E-state index contributed by atoms with van der Waals surface area (Å²) in [5, 5.41) is 9.28. The molecular weight excluding hydrogens is 467 g/mol. The molecule has 1 amide bonds. The Labute approximate surface area is 180 Å².